The molecule has 1 nitrogen and oxygen atoms in total. The number of nitrogens with one attached hydrogen (secondary N) is 1. The van der Waals surface area contributed by atoms with Crippen LogP contribution in [0, 0.1) is 11.8 Å². The molecule has 2 heteroatoms. The second-order valence-electron chi connectivity index (χ2n) is 8.53. The van der Waals surface area contributed by atoms with Crippen LogP contribution in [-0.2, 0) is 0 Å². The van der Waals surface area contributed by atoms with E-state index in [0.717, 1.165) is 6.42 Å². The summed E-state index contributed by atoms with van der Waals surface area (Å²) in [5.74, 6) is 0.789. The summed E-state index contributed by atoms with van der Waals surface area (Å²) in [6.07, 6.45) is 14.6. The van der Waals surface area contributed by atoms with Crippen LogP contribution in [-0.4, -0.2) is 13.9 Å². The van der Waals surface area contributed by atoms with Gasteiger partial charge in [-0.1, -0.05) is 86.6 Å². The highest BCUT2D eigenvalue weighted by atomic mass is 14.9. The van der Waals surface area contributed by atoms with E-state index in [1.165, 1.54) is 27.9 Å². The third-order valence-corrected chi connectivity index (χ3v) is 6.48. The van der Waals surface area contributed by atoms with Gasteiger partial charge in [-0.05, 0) is 60.5 Å². The molecular weight excluding hydrogens is 337 g/mol. The zero-order chi connectivity index (χ0) is 20.3. The largest absolute Gasteiger partial charge is 0.381 e. The molecule has 2 aliphatic rings. The molecule has 0 saturated heterocycles. The Morgan fingerprint density at radius 1 is 1.25 bits per heavy atom. The monoisotopic (exact) mass is 369 g/mol. The zero-order valence-electron chi connectivity index (χ0n) is 17.9. The van der Waals surface area contributed by atoms with Crippen molar-refractivity contribution in [2.45, 2.75) is 52.4 Å². The summed E-state index contributed by atoms with van der Waals surface area (Å²) < 4.78 is 0. The summed E-state index contributed by atoms with van der Waals surface area (Å²) >= 11 is 0. The highest BCUT2D eigenvalue weighted by molar-refractivity contribution is 6.17. The highest BCUT2D eigenvalue weighted by Gasteiger charge is 2.30. The standard InChI is InChI=1S/C26H32BN/c1-6-19(4)23-13-12-21(20-10-8-7-9-11-20)16-24(23)25-17-22(14-15-28-25)26(5,27)18(2)3/h6-12,14-18,23,25,28H,13H2,1-5H3. The highest BCUT2D eigenvalue weighted by Crippen LogP contribution is 2.43. The van der Waals surface area contributed by atoms with E-state index in [0.29, 0.717) is 11.8 Å². The first-order valence-corrected chi connectivity index (χ1v) is 10.4. The lowest BCUT2D eigenvalue weighted by Crippen LogP contribution is -2.33. The van der Waals surface area contributed by atoms with Crippen LogP contribution in [0.1, 0.15) is 46.6 Å². The number of rotatable bonds is 5. The minimum Gasteiger partial charge on any atom is -0.381 e. The lowest BCUT2D eigenvalue weighted by molar-refractivity contribution is 0.502. The van der Waals surface area contributed by atoms with Crippen LogP contribution in [0.3, 0.4) is 0 Å². The predicted octanol–water partition coefficient (Wildman–Crippen LogP) is 6.40. The normalized spacial score (nSPS) is 24.8. The molecule has 0 saturated carbocycles. The lowest BCUT2D eigenvalue weighted by Gasteiger charge is -2.37. The molecule has 0 spiro atoms. The number of hydrogen-bond acceptors (Lipinski definition) is 1. The van der Waals surface area contributed by atoms with Crippen LogP contribution in [0.2, 0.25) is 5.31 Å². The summed E-state index contributed by atoms with van der Waals surface area (Å²) in [6, 6.07) is 10.8. The fraction of sp³-hybridized carbons (Fsp3) is 0.385. The Morgan fingerprint density at radius 3 is 2.61 bits per heavy atom. The third kappa shape index (κ3) is 4.11. The van der Waals surface area contributed by atoms with E-state index in [1.807, 2.05) is 0 Å². The molecule has 2 radical (unpaired) electrons. The Labute approximate surface area is 172 Å². The average molecular weight is 369 g/mol. The number of allylic oxidation sites excluding steroid dienone is 7. The van der Waals surface area contributed by atoms with Crippen molar-refractivity contribution in [3.05, 3.63) is 89.2 Å². The molecule has 28 heavy (non-hydrogen) atoms. The maximum Gasteiger partial charge on any atom is 0.0810 e. The molecule has 0 aromatic heterocycles. The smallest absolute Gasteiger partial charge is 0.0810 e. The van der Waals surface area contributed by atoms with Gasteiger partial charge in [-0.25, -0.2) is 0 Å². The Kier molecular flexibility index (Phi) is 6.18. The average Bonchev–Trinajstić information content (AvgIpc) is 2.73. The van der Waals surface area contributed by atoms with E-state index >= 15 is 0 Å². The molecule has 1 aliphatic heterocycles. The maximum absolute atomic E-state index is 6.68. The third-order valence-electron chi connectivity index (χ3n) is 6.48. The van der Waals surface area contributed by atoms with Crippen molar-refractivity contribution in [1.29, 1.82) is 0 Å². The molecule has 3 atom stereocenters. The Balaban J connectivity index is 2.01. The lowest BCUT2D eigenvalue weighted by atomic mass is 9.58. The quantitative estimate of drug-likeness (QED) is 0.468. The molecular formula is C26H32BN. The molecule has 3 rings (SSSR count). The predicted molar refractivity (Wildman–Crippen MR) is 123 cm³/mol. The molecule has 1 aliphatic carbocycles. The molecule has 1 N–H and O–H groups in total. The van der Waals surface area contributed by atoms with Crippen LogP contribution in [0.4, 0.5) is 0 Å². The van der Waals surface area contributed by atoms with Crippen molar-refractivity contribution in [2.24, 2.45) is 11.8 Å². The molecule has 0 fully saturated rings. The van der Waals surface area contributed by atoms with Gasteiger partial charge in [0.15, 0.2) is 0 Å². The van der Waals surface area contributed by atoms with Crippen molar-refractivity contribution in [3.8, 4) is 0 Å². The van der Waals surface area contributed by atoms with Gasteiger partial charge in [0, 0.05) is 5.92 Å². The summed E-state index contributed by atoms with van der Waals surface area (Å²) in [5.41, 5.74) is 6.62. The van der Waals surface area contributed by atoms with E-state index < -0.39 is 0 Å². The Hall–Kier alpha value is -2.22. The van der Waals surface area contributed by atoms with Gasteiger partial charge in [-0.3, -0.25) is 0 Å². The molecule has 0 amide bonds. The molecule has 144 valence electrons. The minimum atomic E-state index is -0.338. The van der Waals surface area contributed by atoms with Gasteiger partial charge in [0.05, 0.1) is 13.9 Å². The van der Waals surface area contributed by atoms with Crippen molar-refractivity contribution in [1.82, 2.24) is 5.32 Å². The summed E-state index contributed by atoms with van der Waals surface area (Å²) in [5, 5.41) is 3.24. The van der Waals surface area contributed by atoms with Crippen LogP contribution in [0.15, 0.2) is 83.6 Å². The van der Waals surface area contributed by atoms with E-state index in [4.69, 9.17) is 7.85 Å². The molecule has 0 bridgehead atoms. The molecule has 3 unspecified atom stereocenters. The van der Waals surface area contributed by atoms with Gasteiger partial charge in [-0.15, -0.1) is 0 Å². The Morgan fingerprint density at radius 2 is 1.96 bits per heavy atom. The first-order chi connectivity index (χ1) is 13.3. The van der Waals surface area contributed by atoms with Crippen LogP contribution >= 0.6 is 0 Å². The van der Waals surface area contributed by atoms with Crippen LogP contribution in [0.25, 0.3) is 5.57 Å². The first-order valence-electron chi connectivity index (χ1n) is 10.4. The second kappa shape index (κ2) is 8.43. The van der Waals surface area contributed by atoms with Gasteiger partial charge >= 0.3 is 0 Å². The summed E-state index contributed by atoms with van der Waals surface area (Å²) in [6.45, 7) is 10.9. The van der Waals surface area contributed by atoms with Crippen molar-refractivity contribution < 1.29 is 0 Å². The van der Waals surface area contributed by atoms with Crippen LogP contribution < -0.4 is 5.32 Å². The SMILES string of the molecule is [B]C(C)(C1=CC(C2=CC(c3ccccc3)=CCC2C(C)=CC)NC=C1)C(C)C. The van der Waals surface area contributed by atoms with E-state index in [-0.39, 0.29) is 11.4 Å². The molecule has 1 aromatic carbocycles. The molecule has 1 heterocycles. The fourth-order valence-electron chi connectivity index (χ4n) is 3.92. The van der Waals surface area contributed by atoms with Gasteiger partial charge in [0.2, 0.25) is 0 Å². The van der Waals surface area contributed by atoms with Gasteiger partial charge in [-0.2, -0.15) is 0 Å². The van der Waals surface area contributed by atoms with E-state index in [2.05, 4.69) is 107 Å². The van der Waals surface area contributed by atoms with Crippen molar-refractivity contribution in [2.75, 3.05) is 0 Å². The van der Waals surface area contributed by atoms with Gasteiger partial charge in [0.1, 0.15) is 0 Å². The topological polar surface area (TPSA) is 12.0 Å². The summed E-state index contributed by atoms with van der Waals surface area (Å²) in [7, 11) is 6.68. The number of benzene rings is 1. The van der Waals surface area contributed by atoms with E-state index in [9.17, 15) is 0 Å². The summed E-state index contributed by atoms with van der Waals surface area (Å²) in [4.78, 5) is 0. The fourth-order valence-corrected chi connectivity index (χ4v) is 3.92. The second-order valence-corrected chi connectivity index (χ2v) is 8.53. The number of dihydropyridines is 1. The van der Waals surface area contributed by atoms with Crippen LogP contribution in [0.5, 0.6) is 0 Å². The number of hydrogen-bond donors (Lipinski definition) is 1. The van der Waals surface area contributed by atoms with Crippen molar-refractivity contribution >= 4 is 13.4 Å². The first kappa shape index (κ1) is 20.5. The zero-order valence-corrected chi connectivity index (χ0v) is 17.9. The minimum absolute atomic E-state index is 0.161. The van der Waals surface area contributed by atoms with E-state index in [1.54, 1.807) is 0 Å². The van der Waals surface area contributed by atoms with Gasteiger partial charge < -0.3 is 5.32 Å². The maximum atomic E-state index is 6.68. The molecule has 1 aromatic rings. The Bertz CT molecular complexity index is 850. The van der Waals surface area contributed by atoms with Gasteiger partial charge in [0.25, 0.3) is 0 Å². The van der Waals surface area contributed by atoms with Crippen molar-refractivity contribution in [3.63, 3.8) is 0 Å².